The van der Waals surface area contributed by atoms with Crippen molar-refractivity contribution in [1.29, 1.82) is 0 Å². The maximum absolute atomic E-state index is 10.3. The molecule has 0 saturated carbocycles. The summed E-state index contributed by atoms with van der Waals surface area (Å²) < 4.78 is 1.25. The van der Waals surface area contributed by atoms with Crippen molar-refractivity contribution in [2.45, 2.75) is 12.8 Å². The lowest BCUT2D eigenvalue weighted by molar-refractivity contribution is -0.877. The maximum atomic E-state index is 10.3. The predicted molar refractivity (Wildman–Crippen MR) is 57.0 cm³/mol. The summed E-state index contributed by atoms with van der Waals surface area (Å²) in [6, 6.07) is 8.33. The highest BCUT2D eigenvalue weighted by atomic mass is 16.3. The van der Waals surface area contributed by atoms with Gasteiger partial charge in [-0.15, -0.1) is 5.75 Å². The van der Waals surface area contributed by atoms with Gasteiger partial charge in [0.25, 0.3) is 0 Å². The van der Waals surface area contributed by atoms with Crippen LogP contribution in [0.4, 0.5) is 0 Å². The molecule has 0 amide bonds. The van der Waals surface area contributed by atoms with Crippen LogP contribution in [0.3, 0.4) is 0 Å². The second-order valence-corrected chi connectivity index (χ2v) is 4.40. The third-order valence-electron chi connectivity index (χ3n) is 2.52. The molecule has 1 saturated heterocycles. The summed E-state index contributed by atoms with van der Waals surface area (Å²) in [5, 5.41) is 10.3. The van der Waals surface area contributed by atoms with Gasteiger partial charge in [0.1, 0.15) is 0 Å². The number of benzene rings is 1. The van der Waals surface area contributed by atoms with Crippen molar-refractivity contribution in [3.05, 3.63) is 30.3 Å². The molecule has 0 unspecified atom stereocenters. The van der Waals surface area contributed by atoms with Crippen LogP contribution in [0.15, 0.2) is 30.3 Å². The number of hydrogen-bond acceptors (Lipinski definition) is 1. The van der Waals surface area contributed by atoms with Crippen LogP contribution in [-0.4, -0.2) is 31.7 Å². The third-order valence-corrected chi connectivity index (χ3v) is 2.52. The highest BCUT2D eigenvalue weighted by Gasteiger charge is 2.19. The van der Waals surface area contributed by atoms with Crippen molar-refractivity contribution >= 4 is 0 Å². The zero-order chi connectivity index (χ0) is 10.4. The predicted octanol–water partition coefficient (Wildman–Crippen LogP) is 1.62. The fourth-order valence-electron chi connectivity index (χ4n) is 1.61. The molecule has 2 rings (SSSR count). The summed E-state index contributed by atoms with van der Waals surface area (Å²) in [5.41, 5.74) is 0. The molecule has 2 heteroatoms. The Hall–Kier alpha value is -1.02. The van der Waals surface area contributed by atoms with E-state index in [0.717, 1.165) is 0 Å². The number of hydrogen-bond donors (Lipinski definition) is 0. The lowest BCUT2D eigenvalue weighted by Crippen LogP contribution is -2.35. The summed E-state index contributed by atoms with van der Waals surface area (Å²) in [6.07, 6.45) is 2.88. The third kappa shape index (κ3) is 4.28. The molecule has 0 spiro atoms. The van der Waals surface area contributed by atoms with Crippen LogP contribution in [-0.2, 0) is 0 Å². The zero-order valence-electron chi connectivity index (χ0n) is 9.07. The summed E-state index contributed by atoms with van der Waals surface area (Å²) in [4.78, 5) is 0. The van der Waals surface area contributed by atoms with Gasteiger partial charge >= 0.3 is 0 Å². The quantitative estimate of drug-likeness (QED) is 0.574. The minimum Gasteiger partial charge on any atom is -0.872 e. The molecule has 1 aliphatic heterocycles. The maximum Gasteiger partial charge on any atom is 0.0784 e. The van der Waals surface area contributed by atoms with Crippen molar-refractivity contribution in [3.8, 4) is 5.75 Å². The van der Waals surface area contributed by atoms with Crippen LogP contribution >= 0.6 is 0 Å². The molecule has 0 radical (unpaired) electrons. The summed E-state index contributed by atoms with van der Waals surface area (Å²) in [6.45, 7) is 2.78. The van der Waals surface area contributed by atoms with Gasteiger partial charge in [0.05, 0.1) is 27.2 Å². The molecule has 0 aromatic heterocycles. The molecule has 0 atom stereocenters. The van der Waals surface area contributed by atoms with E-state index in [4.69, 9.17) is 0 Å². The molecule has 0 bridgehead atoms. The molecular formula is C12H19NO. The number of para-hydroxylation sites is 1. The SMILES string of the molecule is C[N+]1(C)CCCC1.[O-]c1ccccc1. The Kier molecular flexibility index (Phi) is 3.96. The molecule has 1 aromatic rings. The van der Waals surface area contributed by atoms with Gasteiger partial charge in [0.15, 0.2) is 0 Å². The van der Waals surface area contributed by atoms with E-state index in [9.17, 15) is 5.11 Å². The van der Waals surface area contributed by atoms with Gasteiger partial charge in [-0.25, -0.2) is 0 Å². The minimum absolute atomic E-state index is 0.0718. The van der Waals surface area contributed by atoms with E-state index >= 15 is 0 Å². The standard InChI is InChI=1S/C6H14N.C6H6O/c1-7(2)5-3-4-6-7;7-6-4-2-1-3-5-6/h3-6H2,1-2H3;1-5,7H/q+1;/p-1. The molecule has 1 fully saturated rings. The van der Waals surface area contributed by atoms with Gasteiger partial charge in [-0.3, -0.25) is 0 Å². The Bertz CT molecular complexity index is 248. The van der Waals surface area contributed by atoms with Crippen LogP contribution < -0.4 is 5.11 Å². The van der Waals surface area contributed by atoms with Crippen LogP contribution in [0.25, 0.3) is 0 Å². The monoisotopic (exact) mass is 193 g/mol. The van der Waals surface area contributed by atoms with Crippen LogP contribution in [0.1, 0.15) is 12.8 Å². The molecule has 0 aliphatic carbocycles. The van der Waals surface area contributed by atoms with Gasteiger partial charge in [-0.05, 0) is 0 Å². The van der Waals surface area contributed by atoms with Crippen molar-refractivity contribution in [2.24, 2.45) is 0 Å². The highest BCUT2D eigenvalue weighted by Crippen LogP contribution is 2.11. The lowest BCUT2D eigenvalue weighted by atomic mass is 10.3. The first-order valence-corrected chi connectivity index (χ1v) is 5.14. The van der Waals surface area contributed by atoms with E-state index in [1.54, 1.807) is 12.1 Å². The normalized spacial score (nSPS) is 18.4. The largest absolute Gasteiger partial charge is 0.872 e. The van der Waals surface area contributed by atoms with Crippen LogP contribution in [0.2, 0.25) is 0 Å². The van der Waals surface area contributed by atoms with Gasteiger partial charge < -0.3 is 9.59 Å². The Morgan fingerprint density at radius 1 is 1.00 bits per heavy atom. The first-order chi connectivity index (χ1) is 6.60. The average Bonchev–Trinajstić information content (AvgIpc) is 2.52. The highest BCUT2D eigenvalue weighted by molar-refractivity contribution is 5.17. The van der Waals surface area contributed by atoms with Crippen molar-refractivity contribution in [1.82, 2.24) is 0 Å². The van der Waals surface area contributed by atoms with Crippen molar-refractivity contribution < 1.29 is 9.59 Å². The molecular weight excluding hydrogens is 174 g/mol. The van der Waals surface area contributed by atoms with Crippen LogP contribution in [0, 0.1) is 0 Å². The number of quaternary nitrogens is 1. The van der Waals surface area contributed by atoms with E-state index in [2.05, 4.69) is 14.1 Å². The Balaban J connectivity index is 0.000000140. The second kappa shape index (κ2) is 5.01. The number of nitrogens with zero attached hydrogens (tertiary/aromatic N) is 1. The smallest absolute Gasteiger partial charge is 0.0784 e. The Morgan fingerprint density at radius 2 is 1.50 bits per heavy atom. The first-order valence-electron chi connectivity index (χ1n) is 5.14. The minimum atomic E-state index is 0.0718. The summed E-state index contributed by atoms with van der Waals surface area (Å²) in [7, 11) is 4.60. The number of likely N-dealkylation sites (tertiary alicyclic amines) is 1. The van der Waals surface area contributed by atoms with Crippen LogP contribution in [0.5, 0.6) is 5.75 Å². The molecule has 14 heavy (non-hydrogen) atoms. The summed E-state index contributed by atoms with van der Waals surface area (Å²) in [5.74, 6) is 0.0718. The van der Waals surface area contributed by atoms with E-state index in [-0.39, 0.29) is 5.75 Å². The number of rotatable bonds is 0. The summed E-state index contributed by atoms with van der Waals surface area (Å²) >= 11 is 0. The first kappa shape index (κ1) is 11.1. The topological polar surface area (TPSA) is 23.1 Å². The average molecular weight is 193 g/mol. The molecule has 1 heterocycles. The van der Waals surface area contributed by atoms with Gasteiger partial charge in [-0.2, -0.15) is 0 Å². The molecule has 1 aliphatic rings. The second-order valence-electron chi connectivity index (χ2n) is 4.40. The van der Waals surface area contributed by atoms with E-state index < -0.39 is 0 Å². The van der Waals surface area contributed by atoms with Gasteiger partial charge in [-0.1, -0.05) is 30.3 Å². The van der Waals surface area contributed by atoms with Crippen molar-refractivity contribution in [3.63, 3.8) is 0 Å². The Labute approximate surface area is 86.4 Å². The van der Waals surface area contributed by atoms with E-state index in [1.807, 2.05) is 6.07 Å². The fraction of sp³-hybridized carbons (Fsp3) is 0.500. The van der Waals surface area contributed by atoms with Crippen molar-refractivity contribution in [2.75, 3.05) is 27.2 Å². The lowest BCUT2D eigenvalue weighted by Gasteiger charge is -2.21. The van der Waals surface area contributed by atoms with Gasteiger partial charge in [0, 0.05) is 12.8 Å². The molecule has 2 nitrogen and oxygen atoms in total. The molecule has 1 aromatic carbocycles. The van der Waals surface area contributed by atoms with E-state index in [0.29, 0.717) is 0 Å². The molecule has 78 valence electrons. The van der Waals surface area contributed by atoms with E-state index in [1.165, 1.54) is 42.5 Å². The van der Waals surface area contributed by atoms with Gasteiger partial charge in [0.2, 0.25) is 0 Å². The zero-order valence-corrected chi connectivity index (χ0v) is 9.07. The molecule has 0 N–H and O–H groups in total. The fourth-order valence-corrected chi connectivity index (χ4v) is 1.61. The Morgan fingerprint density at radius 3 is 1.71 bits per heavy atom.